The van der Waals surface area contributed by atoms with Gasteiger partial charge in [-0.1, -0.05) is 18.2 Å². The van der Waals surface area contributed by atoms with Crippen molar-refractivity contribution in [3.63, 3.8) is 0 Å². The normalized spacial score (nSPS) is 10.9. The number of nitrogens with zero attached hydrogens (tertiary/aromatic N) is 2. The van der Waals surface area contributed by atoms with E-state index in [9.17, 15) is 5.11 Å². The Bertz CT molecular complexity index is 789. The summed E-state index contributed by atoms with van der Waals surface area (Å²) in [6, 6.07) is 12.9. The maximum absolute atomic E-state index is 10.1. The summed E-state index contributed by atoms with van der Waals surface area (Å²) in [5, 5.41) is 14.1. The van der Waals surface area contributed by atoms with Gasteiger partial charge in [-0.05, 0) is 32.0 Å². The Kier molecular flexibility index (Phi) is 3.78. The molecule has 0 saturated heterocycles. The monoisotopic (exact) mass is 295 g/mol. The second-order valence-corrected chi connectivity index (χ2v) is 5.29. The number of aromatic nitrogens is 2. The molecule has 0 saturated carbocycles. The highest BCUT2D eigenvalue weighted by Crippen LogP contribution is 2.34. The van der Waals surface area contributed by atoms with E-state index in [0.29, 0.717) is 23.0 Å². The van der Waals surface area contributed by atoms with Crippen molar-refractivity contribution in [1.82, 2.24) is 9.97 Å². The van der Waals surface area contributed by atoms with Crippen LogP contribution in [0.25, 0.3) is 10.9 Å². The summed E-state index contributed by atoms with van der Waals surface area (Å²) >= 11 is 0. The number of phenols is 1. The minimum Gasteiger partial charge on any atom is -0.504 e. The van der Waals surface area contributed by atoms with Gasteiger partial charge < -0.3 is 15.2 Å². The van der Waals surface area contributed by atoms with E-state index in [1.165, 1.54) is 0 Å². The first-order chi connectivity index (χ1) is 10.6. The molecule has 3 aromatic rings. The van der Waals surface area contributed by atoms with Crippen molar-refractivity contribution in [3.8, 4) is 17.2 Å². The third-order valence-electron chi connectivity index (χ3n) is 3.05. The summed E-state index contributed by atoms with van der Waals surface area (Å²) in [6.45, 7) is 4.03. The van der Waals surface area contributed by atoms with Crippen molar-refractivity contribution in [2.24, 2.45) is 0 Å². The maximum atomic E-state index is 10.1. The second-order valence-electron chi connectivity index (χ2n) is 5.29. The molecule has 0 amide bonds. The predicted molar refractivity (Wildman–Crippen MR) is 86.5 cm³/mol. The molecule has 5 heteroatoms. The van der Waals surface area contributed by atoms with E-state index in [0.717, 1.165) is 5.39 Å². The number of hydrogen-bond acceptors (Lipinski definition) is 5. The third-order valence-corrected chi connectivity index (χ3v) is 3.05. The van der Waals surface area contributed by atoms with Gasteiger partial charge in [-0.15, -0.1) is 0 Å². The number of fused-ring (bicyclic) bond motifs is 1. The standard InChI is InChI=1S/C17H17N3O2/c1-11(2)19-17-18-10-12-8-16(15(21)9-14(12)20-17)22-13-6-4-3-5-7-13/h3-11,21H,1-2H3,(H,18,19,20). The molecule has 0 radical (unpaired) electrons. The Morgan fingerprint density at radius 2 is 1.91 bits per heavy atom. The van der Waals surface area contributed by atoms with Crippen LogP contribution in [0, 0.1) is 0 Å². The molecule has 0 atom stereocenters. The van der Waals surface area contributed by atoms with Crippen LogP contribution < -0.4 is 10.1 Å². The number of nitrogens with one attached hydrogen (secondary N) is 1. The van der Waals surface area contributed by atoms with E-state index in [-0.39, 0.29) is 11.8 Å². The Morgan fingerprint density at radius 3 is 2.64 bits per heavy atom. The van der Waals surface area contributed by atoms with E-state index < -0.39 is 0 Å². The summed E-state index contributed by atoms with van der Waals surface area (Å²) in [6.07, 6.45) is 1.71. The summed E-state index contributed by atoms with van der Waals surface area (Å²) < 4.78 is 5.69. The zero-order valence-corrected chi connectivity index (χ0v) is 12.4. The van der Waals surface area contributed by atoms with Crippen molar-refractivity contribution in [1.29, 1.82) is 0 Å². The smallest absolute Gasteiger partial charge is 0.223 e. The molecular formula is C17H17N3O2. The lowest BCUT2D eigenvalue weighted by atomic mass is 10.2. The fraction of sp³-hybridized carbons (Fsp3) is 0.176. The number of para-hydroxylation sites is 1. The SMILES string of the molecule is CC(C)Nc1ncc2cc(Oc3ccccc3)c(O)cc2n1. The molecule has 5 nitrogen and oxygen atoms in total. The van der Waals surface area contributed by atoms with Crippen molar-refractivity contribution in [3.05, 3.63) is 48.7 Å². The van der Waals surface area contributed by atoms with Gasteiger partial charge in [-0.2, -0.15) is 0 Å². The molecule has 2 N–H and O–H groups in total. The number of benzene rings is 2. The van der Waals surface area contributed by atoms with Crippen LogP contribution >= 0.6 is 0 Å². The quantitative estimate of drug-likeness (QED) is 0.763. The lowest BCUT2D eigenvalue weighted by molar-refractivity contribution is 0.412. The minimum atomic E-state index is 0.0468. The fourth-order valence-corrected chi connectivity index (χ4v) is 2.07. The van der Waals surface area contributed by atoms with Crippen LogP contribution in [0.3, 0.4) is 0 Å². The number of phenolic OH excluding ortho intramolecular Hbond substituents is 1. The Balaban J connectivity index is 1.95. The molecule has 0 spiro atoms. The average Bonchev–Trinajstić information content (AvgIpc) is 2.49. The molecule has 0 bridgehead atoms. The van der Waals surface area contributed by atoms with Crippen LogP contribution in [0.5, 0.6) is 17.2 Å². The van der Waals surface area contributed by atoms with Gasteiger partial charge in [0.2, 0.25) is 5.95 Å². The summed E-state index contributed by atoms with van der Waals surface area (Å²) in [5.74, 6) is 1.63. The summed E-state index contributed by atoms with van der Waals surface area (Å²) in [7, 11) is 0. The maximum Gasteiger partial charge on any atom is 0.223 e. The first-order valence-corrected chi connectivity index (χ1v) is 7.11. The van der Waals surface area contributed by atoms with Gasteiger partial charge in [-0.25, -0.2) is 9.97 Å². The Labute approximate surface area is 128 Å². The molecule has 0 aliphatic heterocycles. The lowest BCUT2D eigenvalue weighted by Gasteiger charge is -2.11. The van der Waals surface area contributed by atoms with Gasteiger partial charge in [0.15, 0.2) is 11.5 Å². The number of aromatic hydroxyl groups is 1. The fourth-order valence-electron chi connectivity index (χ4n) is 2.07. The molecule has 112 valence electrons. The molecule has 3 rings (SSSR count). The molecule has 1 heterocycles. The molecular weight excluding hydrogens is 278 g/mol. The predicted octanol–water partition coefficient (Wildman–Crippen LogP) is 3.95. The van der Waals surface area contributed by atoms with Crippen LogP contribution in [0.1, 0.15) is 13.8 Å². The molecule has 2 aromatic carbocycles. The molecule has 0 aliphatic carbocycles. The number of hydrogen-bond donors (Lipinski definition) is 2. The van der Waals surface area contributed by atoms with Gasteiger partial charge >= 0.3 is 0 Å². The van der Waals surface area contributed by atoms with Crippen LogP contribution in [0.4, 0.5) is 5.95 Å². The summed E-state index contributed by atoms with van der Waals surface area (Å²) in [4.78, 5) is 8.65. The topological polar surface area (TPSA) is 67.3 Å². The van der Waals surface area contributed by atoms with E-state index in [2.05, 4.69) is 15.3 Å². The number of rotatable bonds is 4. The van der Waals surface area contributed by atoms with Crippen LogP contribution in [-0.2, 0) is 0 Å². The van der Waals surface area contributed by atoms with Gasteiger partial charge in [0, 0.05) is 23.7 Å². The van der Waals surface area contributed by atoms with Crippen LogP contribution in [-0.4, -0.2) is 21.1 Å². The number of anilines is 1. The van der Waals surface area contributed by atoms with Crippen LogP contribution in [0.2, 0.25) is 0 Å². The highest BCUT2D eigenvalue weighted by Gasteiger charge is 2.09. The zero-order chi connectivity index (χ0) is 15.5. The van der Waals surface area contributed by atoms with Gasteiger partial charge in [0.1, 0.15) is 5.75 Å². The first kappa shape index (κ1) is 14.1. The van der Waals surface area contributed by atoms with E-state index in [1.54, 1.807) is 18.3 Å². The second kappa shape index (κ2) is 5.89. The third kappa shape index (κ3) is 3.09. The van der Waals surface area contributed by atoms with Crippen molar-refractivity contribution < 1.29 is 9.84 Å². The zero-order valence-electron chi connectivity index (χ0n) is 12.4. The molecule has 0 unspecified atom stereocenters. The van der Waals surface area contributed by atoms with Gasteiger partial charge in [0.25, 0.3) is 0 Å². The summed E-state index contributed by atoms with van der Waals surface area (Å²) in [5.41, 5.74) is 0.663. The van der Waals surface area contributed by atoms with Gasteiger partial charge in [-0.3, -0.25) is 0 Å². The van der Waals surface area contributed by atoms with Crippen LogP contribution in [0.15, 0.2) is 48.7 Å². The van der Waals surface area contributed by atoms with Gasteiger partial charge in [0.05, 0.1) is 5.52 Å². The molecule has 1 aromatic heterocycles. The van der Waals surface area contributed by atoms with E-state index in [1.807, 2.05) is 44.2 Å². The molecule has 0 aliphatic rings. The largest absolute Gasteiger partial charge is 0.504 e. The van der Waals surface area contributed by atoms with E-state index in [4.69, 9.17) is 4.74 Å². The van der Waals surface area contributed by atoms with Crippen molar-refractivity contribution >= 4 is 16.9 Å². The highest BCUT2D eigenvalue weighted by atomic mass is 16.5. The number of ether oxygens (including phenoxy) is 1. The van der Waals surface area contributed by atoms with Crippen molar-refractivity contribution in [2.45, 2.75) is 19.9 Å². The van der Waals surface area contributed by atoms with Crippen molar-refractivity contribution in [2.75, 3.05) is 5.32 Å². The minimum absolute atomic E-state index is 0.0468. The Hall–Kier alpha value is -2.82. The van der Waals surface area contributed by atoms with E-state index >= 15 is 0 Å². The average molecular weight is 295 g/mol. The lowest BCUT2D eigenvalue weighted by Crippen LogP contribution is -2.12. The first-order valence-electron chi connectivity index (χ1n) is 7.11. The highest BCUT2D eigenvalue weighted by molar-refractivity contribution is 5.82. The molecule has 0 fully saturated rings. The molecule has 22 heavy (non-hydrogen) atoms. The Morgan fingerprint density at radius 1 is 1.14 bits per heavy atom.